The molecule has 8 heteroatoms. The summed E-state index contributed by atoms with van der Waals surface area (Å²) in [4.78, 5) is 26.9. The first-order valence-electron chi connectivity index (χ1n) is 12.5. The molecule has 2 N–H and O–H groups in total. The molecule has 2 aliphatic heterocycles. The van der Waals surface area contributed by atoms with Crippen LogP contribution < -0.4 is 20.1 Å². The van der Waals surface area contributed by atoms with Crippen LogP contribution in [0, 0.1) is 11.8 Å². The largest absolute Gasteiger partial charge is 0.490 e. The molecule has 190 valence electrons. The molecule has 1 unspecified atom stereocenters. The number of ether oxygens (including phenoxy) is 3. The Bertz CT molecular complexity index is 828. The van der Waals surface area contributed by atoms with Crippen molar-refractivity contribution in [1.29, 1.82) is 0 Å². The highest BCUT2D eigenvalue weighted by atomic mass is 16.6. The Labute approximate surface area is 203 Å². The first-order chi connectivity index (χ1) is 16.1. The molecular formula is C26H41N3O5. The summed E-state index contributed by atoms with van der Waals surface area (Å²) in [5, 5.41) is 6.09. The summed E-state index contributed by atoms with van der Waals surface area (Å²) in [5.41, 5.74) is 0.535. The second-order valence-corrected chi connectivity index (χ2v) is 10.6. The zero-order valence-corrected chi connectivity index (χ0v) is 21.3. The van der Waals surface area contributed by atoms with Gasteiger partial charge in [-0.3, -0.25) is 9.69 Å². The number of fused-ring (bicyclic) bond motifs is 1. The van der Waals surface area contributed by atoms with Crippen molar-refractivity contribution in [2.45, 2.75) is 65.5 Å². The average Bonchev–Trinajstić information content (AvgIpc) is 3.00. The smallest absolute Gasteiger partial charge is 0.407 e. The van der Waals surface area contributed by atoms with Crippen molar-refractivity contribution in [1.82, 2.24) is 15.5 Å². The van der Waals surface area contributed by atoms with Crippen LogP contribution >= 0.6 is 0 Å². The van der Waals surface area contributed by atoms with Crippen molar-refractivity contribution >= 4 is 12.0 Å². The number of nitrogens with one attached hydrogen (secondary N) is 2. The van der Waals surface area contributed by atoms with Gasteiger partial charge in [-0.2, -0.15) is 0 Å². The standard InChI is InChI=1S/C26H41N3O5/c1-18(2)24(20-7-8-21-22(15-20)33-14-6-13-32-21)28-23(30)17-29-11-9-19(10-12-29)16-27-25(31)34-26(3,4)5/h7-8,15,18-19,24H,6,9-14,16-17H2,1-5H3,(H,27,31)(H,28,30). The van der Waals surface area contributed by atoms with Gasteiger partial charge >= 0.3 is 6.09 Å². The van der Waals surface area contributed by atoms with E-state index in [4.69, 9.17) is 14.2 Å². The van der Waals surface area contributed by atoms with Crippen molar-refractivity contribution in [2.75, 3.05) is 39.4 Å². The first kappa shape index (κ1) is 26.1. The van der Waals surface area contributed by atoms with Crippen molar-refractivity contribution < 1.29 is 23.8 Å². The number of hydrogen-bond donors (Lipinski definition) is 2. The van der Waals surface area contributed by atoms with E-state index in [1.54, 1.807) is 0 Å². The molecule has 34 heavy (non-hydrogen) atoms. The molecule has 1 aromatic carbocycles. The maximum absolute atomic E-state index is 12.9. The van der Waals surface area contributed by atoms with Gasteiger partial charge in [0.1, 0.15) is 5.60 Å². The Morgan fingerprint density at radius 3 is 2.44 bits per heavy atom. The third-order valence-corrected chi connectivity index (χ3v) is 6.12. The Hall–Kier alpha value is -2.48. The predicted octanol–water partition coefficient (Wildman–Crippen LogP) is 3.90. The summed E-state index contributed by atoms with van der Waals surface area (Å²) in [6, 6.07) is 5.85. The topological polar surface area (TPSA) is 89.1 Å². The quantitative estimate of drug-likeness (QED) is 0.622. The summed E-state index contributed by atoms with van der Waals surface area (Å²) >= 11 is 0. The van der Waals surface area contributed by atoms with Gasteiger partial charge in [-0.25, -0.2) is 4.79 Å². The molecule has 0 aromatic heterocycles. The van der Waals surface area contributed by atoms with E-state index in [0.29, 0.717) is 32.2 Å². The van der Waals surface area contributed by atoms with Crippen molar-refractivity contribution in [3.63, 3.8) is 0 Å². The minimum atomic E-state index is -0.492. The van der Waals surface area contributed by atoms with E-state index in [0.717, 1.165) is 49.4 Å². The number of likely N-dealkylation sites (tertiary alicyclic amines) is 1. The van der Waals surface area contributed by atoms with Crippen molar-refractivity contribution in [2.24, 2.45) is 11.8 Å². The molecule has 1 saturated heterocycles. The lowest BCUT2D eigenvalue weighted by Crippen LogP contribution is -2.45. The Morgan fingerprint density at radius 2 is 1.79 bits per heavy atom. The summed E-state index contributed by atoms with van der Waals surface area (Å²) in [6.45, 7) is 13.7. The minimum absolute atomic E-state index is 0.0242. The number of rotatable bonds is 7. The van der Waals surface area contributed by atoms with Gasteiger partial charge in [-0.1, -0.05) is 19.9 Å². The molecule has 0 bridgehead atoms. The van der Waals surface area contributed by atoms with E-state index in [1.807, 2.05) is 39.0 Å². The Kier molecular flexibility index (Phi) is 9.05. The lowest BCUT2D eigenvalue weighted by molar-refractivity contribution is -0.123. The molecule has 8 nitrogen and oxygen atoms in total. The zero-order chi connectivity index (χ0) is 24.7. The number of carbonyl (C=O) groups is 2. The number of carbonyl (C=O) groups excluding carboxylic acids is 2. The normalized spacial score (nSPS) is 18.2. The second-order valence-electron chi connectivity index (χ2n) is 10.6. The van der Waals surface area contributed by atoms with Crippen LogP contribution in [0.4, 0.5) is 4.79 Å². The van der Waals surface area contributed by atoms with E-state index in [9.17, 15) is 9.59 Å². The summed E-state index contributed by atoms with van der Waals surface area (Å²) in [7, 11) is 0. The average molecular weight is 476 g/mol. The number of nitrogens with zero attached hydrogens (tertiary/aromatic N) is 1. The van der Waals surface area contributed by atoms with E-state index in [2.05, 4.69) is 29.4 Å². The first-order valence-corrected chi connectivity index (χ1v) is 12.5. The minimum Gasteiger partial charge on any atom is -0.490 e. The van der Waals surface area contributed by atoms with Crippen LogP contribution in [-0.4, -0.2) is 61.9 Å². The molecule has 1 atom stereocenters. The van der Waals surface area contributed by atoms with Gasteiger partial charge < -0.3 is 24.8 Å². The summed E-state index contributed by atoms with van der Waals surface area (Å²) < 4.78 is 16.9. The fourth-order valence-electron chi connectivity index (χ4n) is 4.32. The number of hydrogen-bond acceptors (Lipinski definition) is 6. The molecular weight excluding hydrogens is 434 g/mol. The maximum atomic E-state index is 12.9. The third kappa shape index (κ3) is 8.08. The number of amides is 2. The van der Waals surface area contributed by atoms with Crippen LogP contribution in [0.15, 0.2) is 18.2 Å². The molecule has 1 aromatic rings. The summed E-state index contributed by atoms with van der Waals surface area (Å²) in [6.07, 6.45) is 2.38. The van der Waals surface area contributed by atoms with Gasteiger partial charge in [-0.15, -0.1) is 0 Å². The number of alkyl carbamates (subject to hydrolysis) is 1. The van der Waals surface area contributed by atoms with Crippen molar-refractivity contribution in [3.8, 4) is 11.5 Å². The van der Waals surface area contributed by atoms with Gasteiger partial charge in [0, 0.05) is 13.0 Å². The van der Waals surface area contributed by atoms with Crippen LogP contribution in [0.2, 0.25) is 0 Å². The molecule has 2 aliphatic rings. The van der Waals surface area contributed by atoms with Gasteiger partial charge in [0.05, 0.1) is 25.8 Å². The molecule has 0 radical (unpaired) electrons. The van der Waals surface area contributed by atoms with E-state index in [-0.39, 0.29) is 24.0 Å². The highest BCUT2D eigenvalue weighted by molar-refractivity contribution is 5.78. The predicted molar refractivity (Wildman–Crippen MR) is 131 cm³/mol. The van der Waals surface area contributed by atoms with Crippen LogP contribution in [-0.2, 0) is 9.53 Å². The van der Waals surface area contributed by atoms with Crippen LogP contribution in [0.5, 0.6) is 11.5 Å². The molecule has 0 spiro atoms. The summed E-state index contributed by atoms with van der Waals surface area (Å²) in [5.74, 6) is 2.17. The highest BCUT2D eigenvalue weighted by Gasteiger charge is 2.25. The zero-order valence-electron chi connectivity index (χ0n) is 21.3. The fourth-order valence-corrected chi connectivity index (χ4v) is 4.32. The van der Waals surface area contributed by atoms with E-state index >= 15 is 0 Å². The monoisotopic (exact) mass is 475 g/mol. The Morgan fingerprint density at radius 1 is 1.12 bits per heavy atom. The number of piperidine rings is 1. The molecule has 0 saturated carbocycles. The molecule has 0 aliphatic carbocycles. The highest BCUT2D eigenvalue weighted by Crippen LogP contribution is 2.34. The lowest BCUT2D eigenvalue weighted by atomic mass is 9.95. The van der Waals surface area contributed by atoms with Crippen LogP contribution in [0.3, 0.4) is 0 Å². The van der Waals surface area contributed by atoms with Gasteiger partial charge in [-0.05, 0) is 76.2 Å². The maximum Gasteiger partial charge on any atom is 0.407 e. The van der Waals surface area contributed by atoms with Gasteiger partial charge in [0.25, 0.3) is 0 Å². The second kappa shape index (κ2) is 11.8. The fraction of sp³-hybridized carbons (Fsp3) is 0.692. The molecule has 3 rings (SSSR count). The van der Waals surface area contributed by atoms with E-state index < -0.39 is 5.60 Å². The SMILES string of the molecule is CC(C)C(NC(=O)CN1CCC(CNC(=O)OC(C)(C)C)CC1)c1ccc2c(c1)OCCCO2. The Balaban J connectivity index is 1.46. The van der Waals surface area contributed by atoms with Crippen LogP contribution in [0.25, 0.3) is 0 Å². The molecule has 1 fully saturated rings. The van der Waals surface area contributed by atoms with Gasteiger partial charge in [0.15, 0.2) is 11.5 Å². The van der Waals surface area contributed by atoms with Gasteiger partial charge in [0.2, 0.25) is 5.91 Å². The van der Waals surface area contributed by atoms with E-state index in [1.165, 1.54) is 0 Å². The van der Waals surface area contributed by atoms with Crippen LogP contribution in [0.1, 0.15) is 65.5 Å². The molecule has 2 heterocycles. The van der Waals surface area contributed by atoms with Crippen molar-refractivity contribution in [3.05, 3.63) is 23.8 Å². The lowest BCUT2D eigenvalue weighted by Gasteiger charge is -2.32. The third-order valence-electron chi connectivity index (χ3n) is 6.12. The molecule has 2 amide bonds. The number of benzene rings is 1.